The lowest BCUT2D eigenvalue weighted by atomic mass is 10.9. The minimum atomic E-state index is -2.60. The summed E-state index contributed by atoms with van der Waals surface area (Å²) in [7, 11) is 0. The molecule has 0 atom stereocenters. The van der Waals surface area contributed by atoms with Gasteiger partial charge >= 0.3 is 6.61 Å². The van der Waals surface area contributed by atoms with E-state index >= 15 is 0 Å². The van der Waals surface area contributed by atoms with Crippen molar-refractivity contribution in [1.82, 2.24) is 0 Å². The van der Waals surface area contributed by atoms with Crippen molar-refractivity contribution in [3.63, 3.8) is 0 Å². The van der Waals surface area contributed by atoms with Gasteiger partial charge in [0.15, 0.2) is 0 Å². The lowest BCUT2D eigenvalue weighted by Crippen LogP contribution is -1.95. The predicted octanol–water partition coefficient (Wildman–Crippen LogP) is 1.25. The Kier molecular flexibility index (Phi) is 2.94. The molecule has 0 aliphatic carbocycles. The van der Waals surface area contributed by atoms with Crippen LogP contribution >= 0.6 is 0 Å². The maximum atomic E-state index is 10.8. The highest BCUT2D eigenvalue weighted by Gasteiger charge is 1.94. The zero-order valence-electron chi connectivity index (χ0n) is 3.45. The summed E-state index contributed by atoms with van der Waals surface area (Å²) in [5.41, 5.74) is 0. The van der Waals surface area contributed by atoms with Gasteiger partial charge in [-0.25, -0.2) is 0 Å². The van der Waals surface area contributed by atoms with Gasteiger partial charge in [0.2, 0.25) is 0 Å². The van der Waals surface area contributed by atoms with Crippen LogP contribution in [-0.2, 0) is 4.74 Å². The van der Waals surface area contributed by atoms with E-state index < -0.39 is 6.61 Å². The van der Waals surface area contributed by atoms with Crippen molar-refractivity contribution in [2.24, 2.45) is 0 Å². The maximum absolute atomic E-state index is 10.8. The van der Waals surface area contributed by atoms with Gasteiger partial charge in [-0.3, -0.25) is 0 Å². The van der Waals surface area contributed by atoms with E-state index in [1.807, 2.05) is 0 Å². The SMILES string of the molecule is CCOC(F)F. The van der Waals surface area contributed by atoms with Crippen LogP contribution < -0.4 is 0 Å². The Balaban J connectivity index is 2.63. The Hall–Kier alpha value is -0.180. The van der Waals surface area contributed by atoms with Crippen LogP contribution in [0.3, 0.4) is 0 Å². The predicted molar refractivity (Wildman–Crippen MR) is 17.6 cm³/mol. The molecule has 0 amide bonds. The average Bonchev–Trinajstić information content (AvgIpc) is 1.35. The molecule has 0 saturated heterocycles. The quantitative estimate of drug-likeness (QED) is 0.502. The van der Waals surface area contributed by atoms with Gasteiger partial charge in [0.1, 0.15) is 0 Å². The Morgan fingerprint density at radius 2 is 2.17 bits per heavy atom. The molecule has 0 unspecified atom stereocenters. The minimum Gasteiger partial charge on any atom is -0.323 e. The molecule has 0 radical (unpaired) electrons. The Bertz CT molecular complexity index is 30.0. The molecule has 6 heavy (non-hydrogen) atoms. The van der Waals surface area contributed by atoms with Crippen molar-refractivity contribution < 1.29 is 13.5 Å². The monoisotopic (exact) mass is 96.0 g/mol. The fourth-order valence-corrected chi connectivity index (χ4v) is 0.126. The number of rotatable bonds is 2. The second kappa shape index (κ2) is 3.03. The summed E-state index contributed by atoms with van der Waals surface area (Å²) in [6.07, 6.45) is 0. The molecular formula is C3H6F2O. The van der Waals surface area contributed by atoms with Crippen molar-refractivity contribution in [2.75, 3.05) is 6.61 Å². The molecule has 0 spiro atoms. The zero-order valence-corrected chi connectivity index (χ0v) is 3.45. The van der Waals surface area contributed by atoms with Crippen LogP contribution in [0.4, 0.5) is 8.78 Å². The van der Waals surface area contributed by atoms with E-state index in [0.717, 1.165) is 0 Å². The number of ether oxygens (including phenoxy) is 1. The summed E-state index contributed by atoms with van der Waals surface area (Å²) in [5, 5.41) is 0. The zero-order chi connectivity index (χ0) is 4.99. The number of alkyl halides is 2. The molecular weight excluding hydrogens is 90.0 g/mol. The first kappa shape index (κ1) is 5.82. The third kappa shape index (κ3) is 3.82. The summed E-state index contributed by atoms with van der Waals surface area (Å²) in [6, 6.07) is 0. The second-order valence-corrected chi connectivity index (χ2v) is 0.716. The van der Waals surface area contributed by atoms with Crippen LogP contribution in [0, 0.1) is 0 Å². The molecule has 0 saturated carbocycles. The van der Waals surface area contributed by atoms with Crippen LogP contribution in [0.1, 0.15) is 6.92 Å². The first-order chi connectivity index (χ1) is 2.77. The van der Waals surface area contributed by atoms with Gasteiger partial charge in [-0.05, 0) is 6.92 Å². The van der Waals surface area contributed by atoms with E-state index in [1.165, 1.54) is 6.92 Å². The van der Waals surface area contributed by atoms with E-state index in [9.17, 15) is 8.78 Å². The highest BCUT2D eigenvalue weighted by molar-refractivity contribution is 4.07. The number of hydrogen-bond donors (Lipinski definition) is 0. The summed E-state index contributed by atoms with van der Waals surface area (Å²) < 4.78 is 25.3. The largest absolute Gasteiger partial charge is 0.345 e. The van der Waals surface area contributed by atoms with Crippen molar-refractivity contribution in [1.29, 1.82) is 0 Å². The summed E-state index contributed by atoms with van der Waals surface area (Å²) in [4.78, 5) is 0. The normalized spacial score (nSPS) is 10.0. The molecule has 0 heterocycles. The molecule has 38 valence electrons. The standard InChI is InChI=1S/C3H6F2O/c1-2-6-3(4)5/h3H,2H2,1H3. The Morgan fingerprint density at radius 3 is 2.17 bits per heavy atom. The first-order valence-electron chi connectivity index (χ1n) is 1.67. The highest BCUT2D eigenvalue weighted by atomic mass is 19.3. The van der Waals surface area contributed by atoms with Gasteiger partial charge in [0, 0.05) is 6.61 Å². The molecule has 0 aliphatic rings. The topological polar surface area (TPSA) is 9.23 Å². The molecule has 0 fully saturated rings. The summed E-state index contributed by atoms with van der Waals surface area (Å²) in [6.45, 7) is -1.00. The number of halogens is 2. The molecule has 0 aliphatic heterocycles. The second-order valence-electron chi connectivity index (χ2n) is 0.716. The van der Waals surface area contributed by atoms with Crippen molar-refractivity contribution in [3.8, 4) is 0 Å². The third-order valence-corrected chi connectivity index (χ3v) is 0.293. The molecule has 0 aromatic carbocycles. The number of hydrogen-bond acceptors (Lipinski definition) is 1. The fourth-order valence-electron chi connectivity index (χ4n) is 0.126. The van der Waals surface area contributed by atoms with E-state index in [0.29, 0.717) is 0 Å². The van der Waals surface area contributed by atoms with Gasteiger partial charge in [0.05, 0.1) is 0 Å². The molecule has 0 rings (SSSR count). The van der Waals surface area contributed by atoms with Gasteiger partial charge in [-0.15, -0.1) is 0 Å². The lowest BCUT2D eigenvalue weighted by molar-refractivity contribution is -0.124. The smallest absolute Gasteiger partial charge is 0.323 e. The lowest BCUT2D eigenvalue weighted by Gasteiger charge is -1.92. The van der Waals surface area contributed by atoms with Crippen LogP contribution in [0.5, 0.6) is 0 Å². The van der Waals surface area contributed by atoms with Crippen LogP contribution in [-0.4, -0.2) is 13.2 Å². The molecule has 0 aromatic rings. The Labute approximate surface area is 34.9 Å². The average molecular weight is 96.1 g/mol. The van der Waals surface area contributed by atoms with Crippen LogP contribution in [0.25, 0.3) is 0 Å². The summed E-state index contributed by atoms with van der Waals surface area (Å²) >= 11 is 0. The van der Waals surface area contributed by atoms with Crippen molar-refractivity contribution in [2.45, 2.75) is 13.5 Å². The van der Waals surface area contributed by atoms with Crippen LogP contribution in [0.15, 0.2) is 0 Å². The van der Waals surface area contributed by atoms with E-state index in [1.54, 1.807) is 0 Å². The molecule has 3 heteroatoms. The van der Waals surface area contributed by atoms with Gasteiger partial charge in [-0.2, -0.15) is 8.78 Å². The van der Waals surface area contributed by atoms with Crippen LogP contribution in [0.2, 0.25) is 0 Å². The fraction of sp³-hybridized carbons (Fsp3) is 1.00. The molecule has 0 aromatic heterocycles. The first-order valence-corrected chi connectivity index (χ1v) is 1.67. The molecule has 1 nitrogen and oxygen atoms in total. The minimum absolute atomic E-state index is 0.0810. The summed E-state index contributed by atoms with van der Waals surface area (Å²) in [5.74, 6) is 0. The molecule has 0 N–H and O–H groups in total. The van der Waals surface area contributed by atoms with Gasteiger partial charge in [0.25, 0.3) is 0 Å². The molecule has 0 bridgehead atoms. The van der Waals surface area contributed by atoms with E-state index in [4.69, 9.17) is 0 Å². The van der Waals surface area contributed by atoms with E-state index in [2.05, 4.69) is 4.74 Å². The van der Waals surface area contributed by atoms with Crippen molar-refractivity contribution in [3.05, 3.63) is 0 Å². The maximum Gasteiger partial charge on any atom is 0.345 e. The van der Waals surface area contributed by atoms with Gasteiger partial charge in [-0.1, -0.05) is 0 Å². The highest BCUT2D eigenvalue weighted by Crippen LogP contribution is 1.90. The van der Waals surface area contributed by atoms with E-state index in [-0.39, 0.29) is 6.61 Å². The van der Waals surface area contributed by atoms with Gasteiger partial charge < -0.3 is 4.74 Å². The third-order valence-electron chi connectivity index (χ3n) is 0.293. The van der Waals surface area contributed by atoms with Crippen molar-refractivity contribution >= 4 is 0 Å². The Morgan fingerprint density at radius 1 is 1.67 bits per heavy atom.